The minimum atomic E-state index is -0.0554. The molecule has 0 heterocycles. The number of ether oxygens (including phenoxy) is 1. The van der Waals surface area contributed by atoms with Crippen molar-refractivity contribution in [3.63, 3.8) is 0 Å². The molecule has 0 radical (unpaired) electrons. The Morgan fingerprint density at radius 2 is 2.24 bits per heavy atom. The van der Waals surface area contributed by atoms with Gasteiger partial charge in [0.05, 0.1) is 0 Å². The molecular formula is C15H24O2. The van der Waals surface area contributed by atoms with E-state index in [2.05, 4.69) is 19.9 Å². The Labute approximate surface area is 104 Å². The molecule has 1 fully saturated rings. The average Bonchev–Trinajstić information content (AvgIpc) is 2.25. The second-order valence-corrected chi connectivity index (χ2v) is 6.58. The minimum Gasteiger partial charge on any atom is -0.461 e. The Bertz CT molecular complexity index is 339. The highest BCUT2D eigenvalue weighted by Gasteiger charge is 2.51. The predicted octanol–water partition coefficient (Wildman–Crippen LogP) is 3.57. The maximum atomic E-state index is 11.5. The third kappa shape index (κ3) is 2.41. The van der Waals surface area contributed by atoms with Crippen molar-refractivity contribution >= 4 is 5.97 Å². The van der Waals surface area contributed by atoms with Crippen molar-refractivity contribution in [3.8, 4) is 0 Å². The summed E-state index contributed by atoms with van der Waals surface area (Å²) in [7, 11) is 0. The zero-order valence-electron chi connectivity index (χ0n) is 11.5. The molecule has 0 aliphatic heterocycles. The van der Waals surface area contributed by atoms with Crippen molar-refractivity contribution < 1.29 is 9.53 Å². The molecule has 2 nitrogen and oxygen atoms in total. The van der Waals surface area contributed by atoms with Gasteiger partial charge in [-0.2, -0.15) is 0 Å². The molecule has 1 saturated carbocycles. The lowest BCUT2D eigenvalue weighted by Crippen LogP contribution is -2.48. The molecule has 17 heavy (non-hydrogen) atoms. The van der Waals surface area contributed by atoms with Crippen LogP contribution in [0.15, 0.2) is 11.6 Å². The van der Waals surface area contributed by atoms with E-state index in [-0.39, 0.29) is 5.97 Å². The molecule has 0 aromatic rings. The van der Waals surface area contributed by atoms with E-state index in [1.165, 1.54) is 18.4 Å². The first kappa shape index (κ1) is 12.7. The van der Waals surface area contributed by atoms with Gasteiger partial charge in [0, 0.05) is 6.42 Å². The average molecular weight is 236 g/mol. The van der Waals surface area contributed by atoms with E-state index >= 15 is 0 Å². The summed E-state index contributed by atoms with van der Waals surface area (Å²) < 4.78 is 5.37. The van der Waals surface area contributed by atoms with Gasteiger partial charge in [0.2, 0.25) is 0 Å². The van der Waals surface area contributed by atoms with Crippen LogP contribution in [0.25, 0.3) is 0 Å². The van der Waals surface area contributed by atoms with Gasteiger partial charge in [0.15, 0.2) is 0 Å². The SMILES string of the molecule is CC(C)CC(=O)OCC1=CC[C@H]2C[C@@H]1C2(C)C. The third-order valence-electron chi connectivity index (χ3n) is 4.56. The number of hydrogen-bond acceptors (Lipinski definition) is 2. The molecule has 0 aromatic carbocycles. The normalized spacial score (nSPS) is 29.6. The molecule has 0 unspecified atom stereocenters. The van der Waals surface area contributed by atoms with Gasteiger partial charge < -0.3 is 4.74 Å². The van der Waals surface area contributed by atoms with Crippen LogP contribution in [0.5, 0.6) is 0 Å². The van der Waals surface area contributed by atoms with Gasteiger partial charge in [-0.1, -0.05) is 33.8 Å². The Balaban J connectivity index is 1.85. The zero-order valence-corrected chi connectivity index (χ0v) is 11.5. The fourth-order valence-corrected chi connectivity index (χ4v) is 3.20. The van der Waals surface area contributed by atoms with E-state index in [1.54, 1.807) is 0 Å². The van der Waals surface area contributed by atoms with Crippen LogP contribution in [0, 0.1) is 23.2 Å². The van der Waals surface area contributed by atoms with Crippen molar-refractivity contribution in [1.82, 2.24) is 0 Å². The molecule has 96 valence electrons. The number of carbonyl (C=O) groups excluding carboxylic acids is 1. The van der Waals surface area contributed by atoms with Crippen molar-refractivity contribution in [2.75, 3.05) is 6.61 Å². The number of allylic oxidation sites excluding steroid dienone is 1. The van der Waals surface area contributed by atoms with Crippen molar-refractivity contribution in [1.29, 1.82) is 0 Å². The summed E-state index contributed by atoms with van der Waals surface area (Å²) in [5, 5.41) is 0. The molecule has 3 aliphatic carbocycles. The number of hydrogen-bond donors (Lipinski definition) is 0. The molecule has 0 amide bonds. The molecule has 2 heteroatoms. The van der Waals surface area contributed by atoms with Gasteiger partial charge in [-0.25, -0.2) is 0 Å². The highest BCUT2D eigenvalue weighted by atomic mass is 16.5. The molecule has 3 aliphatic rings. The lowest BCUT2D eigenvalue weighted by molar-refractivity contribution is -0.144. The molecule has 3 rings (SSSR count). The first-order chi connectivity index (χ1) is 7.91. The molecule has 2 bridgehead atoms. The standard InChI is InChI=1S/C15H24O2/c1-10(2)7-14(16)17-9-11-5-6-12-8-13(11)15(12,3)4/h5,10,12-13H,6-9H2,1-4H3/t12-,13-/m0/s1. The van der Waals surface area contributed by atoms with E-state index in [4.69, 9.17) is 4.74 Å². The minimum absolute atomic E-state index is 0.0554. The quantitative estimate of drug-likeness (QED) is 0.551. The van der Waals surface area contributed by atoms with Crippen LogP contribution in [0.3, 0.4) is 0 Å². The highest BCUT2D eigenvalue weighted by Crippen LogP contribution is 2.59. The first-order valence-corrected chi connectivity index (χ1v) is 6.75. The van der Waals surface area contributed by atoms with E-state index in [1.807, 2.05) is 13.8 Å². The van der Waals surface area contributed by atoms with E-state index < -0.39 is 0 Å². The fraction of sp³-hybridized carbons (Fsp3) is 0.800. The van der Waals surface area contributed by atoms with Crippen LogP contribution >= 0.6 is 0 Å². The van der Waals surface area contributed by atoms with Crippen molar-refractivity contribution in [2.45, 2.75) is 47.0 Å². The lowest BCUT2D eigenvalue weighted by Gasteiger charge is -2.56. The number of esters is 1. The van der Waals surface area contributed by atoms with Gasteiger partial charge in [0.1, 0.15) is 6.61 Å². The zero-order chi connectivity index (χ0) is 12.6. The Morgan fingerprint density at radius 1 is 1.53 bits per heavy atom. The second-order valence-electron chi connectivity index (χ2n) is 6.58. The Hall–Kier alpha value is -0.790. The highest BCUT2D eigenvalue weighted by molar-refractivity contribution is 5.69. The first-order valence-electron chi connectivity index (χ1n) is 6.75. The third-order valence-corrected chi connectivity index (χ3v) is 4.56. The topological polar surface area (TPSA) is 26.3 Å². The second kappa shape index (κ2) is 4.47. The molecule has 0 spiro atoms. The number of fused-ring (bicyclic) bond motifs is 1. The Morgan fingerprint density at radius 3 is 2.76 bits per heavy atom. The summed E-state index contributed by atoms with van der Waals surface area (Å²) in [6.07, 6.45) is 5.29. The van der Waals surface area contributed by atoms with Crippen LogP contribution in [-0.2, 0) is 9.53 Å². The summed E-state index contributed by atoms with van der Waals surface area (Å²) >= 11 is 0. The molecule has 2 atom stereocenters. The summed E-state index contributed by atoms with van der Waals surface area (Å²) in [5.41, 5.74) is 1.78. The van der Waals surface area contributed by atoms with E-state index in [0.29, 0.717) is 30.3 Å². The van der Waals surface area contributed by atoms with Crippen LogP contribution in [0.2, 0.25) is 0 Å². The van der Waals surface area contributed by atoms with Crippen molar-refractivity contribution in [2.24, 2.45) is 23.2 Å². The van der Waals surface area contributed by atoms with Crippen molar-refractivity contribution in [3.05, 3.63) is 11.6 Å². The smallest absolute Gasteiger partial charge is 0.306 e. The largest absolute Gasteiger partial charge is 0.461 e. The number of carbonyl (C=O) groups is 1. The molecule has 0 N–H and O–H groups in total. The monoisotopic (exact) mass is 236 g/mol. The maximum absolute atomic E-state index is 11.5. The van der Waals surface area contributed by atoms with Crippen LogP contribution in [0.1, 0.15) is 47.0 Å². The summed E-state index contributed by atoms with van der Waals surface area (Å²) in [6, 6.07) is 0. The number of rotatable bonds is 4. The van der Waals surface area contributed by atoms with Gasteiger partial charge >= 0.3 is 5.97 Å². The summed E-state index contributed by atoms with van der Waals surface area (Å²) in [4.78, 5) is 11.5. The van der Waals surface area contributed by atoms with E-state index in [9.17, 15) is 4.79 Å². The van der Waals surface area contributed by atoms with Gasteiger partial charge in [-0.05, 0) is 41.6 Å². The van der Waals surface area contributed by atoms with Crippen LogP contribution in [-0.4, -0.2) is 12.6 Å². The maximum Gasteiger partial charge on any atom is 0.306 e. The lowest BCUT2D eigenvalue weighted by atomic mass is 9.49. The van der Waals surface area contributed by atoms with E-state index in [0.717, 1.165) is 5.92 Å². The fourth-order valence-electron chi connectivity index (χ4n) is 3.20. The molecular weight excluding hydrogens is 212 g/mol. The van der Waals surface area contributed by atoms with Gasteiger partial charge in [-0.15, -0.1) is 0 Å². The summed E-state index contributed by atoms with van der Waals surface area (Å²) in [6.45, 7) is 9.29. The van der Waals surface area contributed by atoms with Gasteiger partial charge in [0.25, 0.3) is 0 Å². The molecule has 0 aromatic heterocycles. The van der Waals surface area contributed by atoms with Crippen LogP contribution in [0.4, 0.5) is 0 Å². The molecule has 0 saturated heterocycles. The Kier molecular flexibility index (Phi) is 3.33. The van der Waals surface area contributed by atoms with Gasteiger partial charge in [-0.3, -0.25) is 4.79 Å². The summed E-state index contributed by atoms with van der Waals surface area (Å²) in [5.74, 6) is 1.82. The van der Waals surface area contributed by atoms with Crippen LogP contribution < -0.4 is 0 Å². The predicted molar refractivity (Wildman–Crippen MR) is 68.5 cm³/mol.